The van der Waals surface area contributed by atoms with Crippen molar-refractivity contribution in [2.75, 3.05) is 79.0 Å². The van der Waals surface area contributed by atoms with Crippen LogP contribution in [0.4, 0.5) is 26.3 Å². The van der Waals surface area contributed by atoms with Crippen molar-refractivity contribution in [2.45, 2.75) is 238 Å². The molecule has 9 N–H and O–H groups in total. The molecule has 30 heteroatoms. The number of hydrazine groups is 3. The summed E-state index contributed by atoms with van der Waals surface area (Å²) in [6, 6.07) is 20.2. The van der Waals surface area contributed by atoms with E-state index in [4.69, 9.17) is 0 Å². The van der Waals surface area contributed by atoms with Gasteiger partial charge in [0.1, 0.15) is 34.9 Å². The summed E-state index contributed by atoms with van der Waals surface area (Å²) >= 11 is 0. The minimum Gasteiger partial charge on any atom is -0.390 e. The smallest absolute Gasteiger partial charge is 0.253 e. The maximum absolute atomic E-state index is 14.1. The fourth-order valence-electron chi connectivity index (χ4n) is 14.4. The lowest BCUT2D eigenvalue weighted by Gasteiger charge is -2.31. The van der Waals surface area contributed by atoms with Crippen molar-refractivity contribution in [1.29, 1.82) is 0 Å². The van der Waals surface area contributed by atoms with Crippen molar-refractivity contribution >= 4 is 53.2 Å². The van der Waals surface area contributed by atoms with Crippen LogP contribution >= 0.6 is 0 Å². The molecule has 0 bridgehead atoms. The molecule has 0 aliphatic rings. The zero-order chi connectivity index (χ0) is 98.4. The Labute approximate surface area is 776 Å². The first-order valence-corrected chi connectivity index (χ1v) is 45.7. The van der Waals surface area contributed by atoms with Gasteiger partial charge in [-0.1, -0.05) is 121 Å². The zero-order valence-corrected chi connectivity index (χ0v) is 80.0. The molecule has 0 aliphatic heterocycles. The molecule has 0 saturated heterocycles. The van der Waals surface area contributed by atoms with Crippen LogP contribution in [0.3, 0.4) is 0 Å². The zero-order valence-electron chi connectivity index (χ0n) is 80.0. The van der Waals surface area contributed by atoms with Gasteiger partial charge in [-0.3, -0.25) is 59.4 Å². The van der Waals surface area contributed by atoms with Crippen molar-refractivity contribution in [3.63, 3.8) is 0 Å². The molecular weight excluding hydrogens is 1700 g/mol. The van der Waals surface area contributed by atoms with Gasteiger partial charge in [-0.2, -0.15) is 0 Å². The van der Waals surface area contributed by atoms with Gasteiger partial charge in [0, 0.05) is 166 Å². The van der Waals surface area contributed by atoms with E-state index in [0.717, 1.165) is 106 Å². The van der Waals surface area contributed by atoms with Crippen LogP contribution < -0.4 is 32.2 Å². The van der Waals surface area contributed by atoms with E-state index in [2.05, 4.69) is 67.8 Å². The molecule has 0 aliphatic carbocycles. The molecule has 0 saturated carbocycles. The van der Waals surface area contributed by atoms with Gasteiger partial charge in [-0.05, 0) is 205 Å². The van der Waals surface area contributed by atoms with Crippen LogP contribution in [-0.4, -0.2) is 214 Å². The number of unbranched alkanes of at least 4 members (excludes halogenated alkanes) is 1. The van der Waals surface area contributed by atoms with E-state index in [1.54, 1.807) is 105 Å². The Bertz CT molecular complexity index is 4900. The van der Waals surface area contributed by atoms with Gasteiger partial charge in [0.2, 0.25) is 17.7 Å². The standard InChI is InChI=1S/C35H48F2N4O4.C34H46F2N4O4.C33H44F2N4O4/c1-7-11-15-41(39-33(43)24(5)6)23-32(42)31(20-26-18-29(36)22-30(37)19-26)38-34(44)27-16-25(12-8-2)17-28(21-27)35(45)40(13-9-3)14-10-4;1-7-11-24-15-26(20-27(16-24)34(44)39(12-8-2)13-9-3)33(43)37-30(19-25-17-28(35)21-29(36)18-25)31(41)22-40(10-4)38-32(42)14-23(5)6;1-7-10-23-14-25(19-26(15-23)33(43)39(11-8-2)12-9-3)32(42)36-29(18-24-16-27(34)20-28(35)17-24)30(40)21-38(6)37-31(41)13-22(4)5/h16-19,21-22,24,31-32,42H,7,9-11,13-15,20,23H2,1-6H3,(H,38,44)(H,39,43);15-18,20-21,23,30-31,41H,8-10,12-14,19,22H2,1-6H3,(H,37,43)(H,38,42);14-17,19-20,22,29-30,40H,8-9,11-13,18,21H2,1-6H3,(H,36,42)(H,37,41). The van der Waals surface area contributed by atoms with E-state index in [1.807, 2.05) is 76.2 Å². The fraction of sp³-hybridized carbons (Fsp3) is 0.500. The number of aliphatic hydroxyl groups excluding tert-OH is 3. The van der Waals surface area contributed by atoms with Gasteiger partial charge in [-0.25, -0.2) is 41.4 Å². The molecule has 0 spiro atoms. The molecule has 0 radical (unpaired) electrons. The number of halogens is 6. The number of nitrogens with one attached hydrogen (secondary N) is 6. The topological polar surface area (TPSA) is 306 Å². The average molecular weight is 1840 g/mol. The van der Waals surface area contributed by atoms with E-state index in [1.165, 1.54) is 28.2 Å². The summed E-state index contributed by atoms with van der Waals surface area (Å²) in [5.74, 6) is 9.29. The van der Waals surface area contributed by atoms with Crippen LogP contribution in [0.5, 0.6) is 0 Å². The number of rotatable bonds is 48. The Morgan fingerprint density at radius 3 is 0.894 bits per heavy atom. The summed E-state index contributed by atoms with van der Waals surface area (Å²) in [6.07, 6.45) is 2.81. The van der Waals surface area contributed by atoms with E-state index in [9.17, 15) is 84.8 Å². The molecule has 6 unspecified atom stereocenters. The lowest BCUT2D eigenvalue weighted by Crippen LogP contribution is -2.54. The number of likely N-dealkylation sites (N-methyl/N-ethyl adjacent to an activating group) is 2. The third kappa shape index (κ3) is 40.3. The van der Waals surface area contributed by atoms with Gasteiger partial charge in [0.05, 0.1) is 36.4 Å². The maximum atomic E-state index is 14.1. The number of amides is 9. The van der Waals surface area contributed by atoms with Gasteiger partial charge < -0.3 is 46.0 Å². The molecule has 6 aromatic rings. The summed E-state index contributed by atoms with van der Waals surface area (Å²) in [6.45, 7) is 35.9. The molecule has 0 heterocycles. The lowest BCUT2D eigenvalue weighted by atomic mass is 9.99. The van der Waals surface area contributed by atoms with Crippen LogP contribution in [0.1, 0.15) is 277 Å². The molecule has 0 aromatic heterocycles. The third-order valence-corrected chi connectivity index (χ3v) is 20.5. The second kappa shape index (κ2) is 59.2. The van der Waals surface area contributed by atoms with Crippen molar-refractivity contribution in [3.05, 3.63) is 211 Å². The van der Waals surface area contributed by atoms with Gasteiger partial charge in [0.15, 0.2) is 0 Å². The highest BCUT2D eigenvalue weighted by Crippen LogP contribution is 2.23. The fourth-order valence-corrected chi connectivity index (χ4v) is 14.4. The largest absolute Gasteiger partial charge is 0.390 e. The molecule has 9 amide bonds. The number of nitrogens with zero attached hydrogens (tertiary/aromatic N) is 6. The highest BCUT2D eigenvalue weighted by molar-refractivity contribution is 6.02. The SMILES string of the molecule is CC#Cc1cc(C(=O)NC(Cc2cc(F)cc(F)c2)C(O)CN(C)NC(=O)CC(C)C)cc(C(=O)N(CCC)CCC)c1.CC#Cc1cc(C(=O)NC(Cc2cc(F)cc(F)c2)C(O)CN(CC)NC(=O)CC(C)C)cc(C(=O)N(CCC)CCC)c1.CC#Cc1cc(C(=O)NC(Cc2cc(F)cc(F)c2)C(O)CN(CCCC)NC(=O)C(C)C)cc(C(=O)N(CCC)CCC)c1. The summed E-state index contributed by atoms with van der Waals surface area (Å²) in [5, 5.41) is 46.8. The summed E-state index contributed by atoms with van der Waals surface area (Å²) in [4.78, 5) is 123. The van der Waals surface area contributed by atoms with E-state index in [0.29, 0.717) is 92.2 Å². The molecule has 132 heavy (non-hydrogen) atoms. The number of benzene rings is 6. The van der Waals surface area contributed by atoms with Crippen molar-refractivity contribution in [2.24, 2.45) is 17.8 Å². The first kappa shape index (κ1) is 113. The van der Waals surface area contributed by atoms with Crippen molar-refractivity contribution in [1.82, 2.24) is 62.0 Å². The van der Waals surface area contributed by atoms with Gasteiger partial charge >= 0.3 is 0 Å². The van der Waals surface area contributed by atoms with Crippen LogP contribution in [0.25, 0.3) is 0 Å². The monoisotopic (exact) mass is 1840 g/mol. The van der Waals surface area contributed by atoms with Crippen LogP contribution in [0, 0.1) is 88.2 Å². The summed E-state index contributed by atoms with van der Waals surface area (Å²) in [5.41, 5.74) is 11.8. The Hall–Kier alpha value is -11.4. The Kier molecular flexibility index (Phi) is 50.6. The molecule has 6 atom stereocenters. The normalized spacial score (nSPS) is 12.3. The number of aliphatic hydroxyl groups is 3. The van der Waals surface area contributed by atoms with Crippen molar-refractivity contribution < 1.29 is 84.8 Å². The van der Waals surface area contributed by atoms with Crippen molar-refractivity contribution in [3.8, 4) is 35.5 Å². The Morgan fingerprint density at radius 2 is 0.629 bits per heavy atom. The van der Waals surface area contributed by atoms with Gasteiger partial charge in [0.25, 0.3) is 35.4 Å². The maximum Gasteiger partial charge on any atom is 0.253 e. The Morgan fingerprint density at radius 1 is 0.348 bits per heavy atom. The van der Waals surface area contributed by atoms with E-state index in [-0.39, 0.29) is 132 Å². The molecule has 720 valence electrons. The Balaban J connectivity index is 0.000000414. The highest BCUT2D eigenvalue weighted by Gasteiger charge is 2.32. The number of hydrogen-bond donors (Lipinski definition) is 9. The molecule has 0 fully saturated rings. The number of carbonyl (C=O) groups is 9. The van der Waals surface area contributed by atoms with E-state index >= 15 is 0 Å². The first-order chi connectivity index (χ1) is 62.7. The number of carbonyl (C=O) groups excluding carboxylic acids is 9. The first-order valence-electron chi connectivity index (χ1n) is 45.7. The molecule has 24 nitrogen and oxygen atoms in total. The predicted molar refractivity (Wildman–Crippen MR) is 503 cm³/mol. The average Bonchev–Trinajstić information content (AvgIpc) is 0.824. The summed E-state index contributed by atoms with van der Waals surface area (Å²) < 4.78 is 84.2. The molecule has 6 aromatic carbocycles. The van der Waals surface area contributed by atoms with Crippen LogP contribution in [0.2, 0.25) is 0 Å². The quantitative estimate of drug-likeness (QED) is 0.00974. The number of hydrogen-bond acceptors (Lipinski definition) is 15. The minimum absolute atomic E-state index is 0.0463. The second-order valence-electron chi connectivity index (χ2n) is 33.9. The third-order valence-electron chi connectivity index (χ3n) is 20.5. The molecule has 6 rings (SSSR count). The van der Waals surface area contributed by atoms with Crippen LogP contribution in [0.15, 0.2) is 109 Å². The van der Waals surface area contributed by atoms with Crippen LogP contribution in [-0.2, 0) is 33.6 Å². The van der Waals surface area contributed by atoms with Gasteiger partial charge in [-0.15, -0.1) is 17.8 Å². The summed E-state index contributed by atoms with van der Waals surface area (Å²) in [7, 11) is 1.57. The predicted octanol–water partition coefficient (Wildman–Crippen LogP) is 14.1. The second-order valence-corrected chi connectivity index (χ2v) is 33.9. The highest BCUT2D eigenvalue weighted by atomic mass is 19.2. The lowest BCUT2D eigenvalue weighted by molar-refractivity contribution is -0.130. The minimum atomic E-state index is -1.25. The van der Waals surface area contributed by atoms with E-state index < -0.39 is 89.1 Å². The molecular formula is C102H138F6N12O12.